The van der Waals surface area contributed by atoms with Crippen LogP contribution in [-0.2, 0) is 5.41 Å². The molecule has 1 aliphatic carbocycles. The van der Waals surface area contributed by atoms with Crippen LogP contribution in [0.3, 0.4) is 0 Å². The van der Waals surface area contributed by atoms with Crippen molar-refractivity contribution in [1.82, 2.24) is 15.5 Å². The average Bonchev–Trinajstić information content (AvgIpc) is 2.98. The zero-order chi connectivity index (χ0) is 18.6. The van der Waals surface area contributed by atoms with E-state index in [2.05, 4.69) is 22.8 Å². The molecule has 3 rings (SSSR count). The molecule has 2 amide bonds. The first-order valence-electron chi connectivity index (χ1n) is 9.23. The molecule has 1 saturated carbocycles. The van der Waals surface area contributed by atoms with Gasteiger partial charge in [0.25, 0.3) is 0 Å². The average molecular weight is 369 g/mol. The van der Waals surface area contributed by atoms with E-state index in [1.807, 2.05) is 18.2 Å². The maximum atomic E-state index is 12.4. The highest BCUT2D eigenvalue weighted by Crippen LogP contribution is 2.43. The van der Waals surface area contributed by atoms with Crippen LogP contribution in [0.1, 0.15) is 31.2 Å². The number of hydrogen-bond donors (Lipinski definition) is 2. The van der Waals surface area contributed by atoms with Crippen LogP contribution < -0.4 is 10.6 Å². The summed E-state index contributed by atoms with van der Waals surface area (Å²) in [7, 11) is 0. The Morgan fingerprint density at radius 2 is 1.92 bits per heavy atom. The first-order chi connectivity index (χ1) is 12.4. The van der Waals surface area contributed by atoms with Crippen LogP contribution in [0.2, 0.25) is 0 Å². The molecular weight excluding hydrogens is 343 g/mol. The normalized spacial score (nSPS) is 22.7. The van der Waals surface area contributed by atoms with Crippen LogP contribution in [0.25, 0.3) is 0 Å². The van der Waals surface area contributed by atoms with Crippen molar-refractivity contribution in [2.45, 2.75) is 37.3 Å². The fourth-order valence-electron chi connectivity index (χ4n) is 3.99. The van der Waals surface area contributed by atoms with Gasteiger partial charge in [-0.1, -0.05) is 36.8 Å². The summed E-state index contributed by atoms with van der Waals surface area (Å²) in [6.45, 7) is 0.958. The number of carbonyl (C=O) groups is 1. The van der Waals surface area contributed by atoms with Crippen LogP contribution in [0.5, 0.6) is 0 Å². The van der Waals surface area contributed by atoms with E-state index in [0.29, 0.717) is 32.6 Å². The van der Waals surface area contributed by atoms with Crippen molar-refractivity contribution in [2.75, 3.05) is 32.7 Å². The summed E-state index contributed by atoms with van der Waals surface area (Å²) in [5, 5.41) is 5.78. The number of halogens is 3. The molecule has 1 aliphatic heterocycles. The standard InChI is InChI=1S/C19H26F3N3O/c20-19(21,22)14-25-10-7-15(12-25)11-23-17(26)24-13-18(8-4-9-18)16-5-2-1-3-6-16/h1-3,5-6,15H,4,7-14H2,(H2,23,24,26). The van der Waals surface area contributed by atoms with Gasteiger partial charge < -0.3 is 10.6 Å². The molecule has 2 aliphatic rings. The second-order valence-electron chi connectivity index (χ2n) is 7.57. The Balaban J connectivity index is 1.40. The zero-order valence-electron chi connectivity index (χ0n) is 14.8. The minimum Gasteiger partial charge on any atom is -0.338 e. The molecule has 0 spiro atoms. The SMILES string of the molecule is O=C(NCC1CCN(CC(F)(F)F)C1)NCC1(c2ccccc2)CCC1. The second-order valence-corrected chi connectivity index (χ2v) is 7.57. The number of carbonyl (C=O) groups excluding carboxylic acids is 1. The summed E-state index contributed by atoms with van der Waals surface area (Å²) in [5.74, 6) is 0.0786. The minimum absolute atomic E-state index is 0.0233. The third-order valence-electron chi connectivity index (χ3n) is 5.61. The topological polar surface area (TPSA) is 44.4 Å². The van der Waals surface area contributed by atoms with Crippen molar-refractivity contribution in [3.05, 3.63) is 35.9 Å². The maximum Gasteiger partial charge on any atom is 0.401 e. The summed E-state index contributed by atoms with van der Waals surface area (Å²) >= 11 is 0. The van der Waals surface area contributed by atoms with Gasteiger partial charge in [-0.2, -0.15) is 13.2 Å². The van der Waals surface area contributed by atoms with Crippen molar-refractivity contribution < 1.29 is 18.0 Å². The monoisotopic (exact) mass is 369 g/mol. The maximum absolute atomic E-state index is 12.4. The van der Waals surface area contributed by atoms with Gasteiger partial charge >= 0.3 is 12.2 Å². The fourth-order valence-corrected chi connectivity index (χ4v) is 3.99. The van der Waals surface area contributed by atoms with E-state index in [9.17, 15) is 18.0 Å². The highest BCUT2D eigenvalue weighted by Gasteiger charge is 2.39. The Morgan fingerprint density at radius 1 is 1.19 bits per heavy atom. The third-order valence-corrected chi connectivity index (χ3v) is 5.61. The lowest BCUT2D eigenvalue weighted by Gasteiger charge is -2.42. The molecule has 0 radical (unpaired) electrons. The number of urea groups is 1. The molecule has 0 aromatic heterocycles. The van der Waals surface area contributed by atoms with Gasteiger partial charge in [-0.25, -0.2) is 4.79 Å². The van der Waals surface area contributed by atoms with Crippen LogP contribution >= 0.6 is 0 Å². The number of hydrogen-bond acceptors (Lipinski definition) is 2. The van der Waals surface area contributed by atoms with E-state index in [1.165, 1.54) is 10.5 Å². The Morgan fingerprint density at radius 3 is 2.54 bits per heavy atom. The lowest BCUT2D eigenvalue weighted by molar-refractivity contribution is -0.143. The number of nitrogens with one attached hydrogen (secondary N) is 2. The van der Waals surface area contributed by atoms with Crippen molar-refractivity contribution in [3.63, 3.8) is 0 Å². The van der Waals surface area contributed by atoms with E-state index in [1.54, 1.807) is 0 Å². The Bertz CT molecular complexity index is 602. The summed E-state index contributed by atoms with van der Waals surface area (Å²) in [4.78, 5) is 13.5. The number of benzene rings is 1. The molecule has 0 bridgehead atoms. The van der Waals surface area contributed by atoms with Crippen LogP contribution in [0.4, 0.5) is 18.0 Å². The highest BCUT2D eigenvalue weighted by molar-refractivity contribution is 5.74. The Kier molecular flexibility index (Phi) is 5.75. The van der Waals surface area contributed by atoms with Crippen LogP contribution in [-0.4, -0.2) is 49.8 Å². The van der Waals surface area contributed by atoms with Gasteiger partial charge in [0.2, 0.25) is 0 Å². The van der Waals surface area contributed by atoms with E-state index in [4.69, 9.17) is 0 Å². The van der Waals surface area contributed by atoms with E-state index < -0.39 is 12.7 Å². The van der Waals surface area contributed by atoms with Gasteiger partial charge in [0.05, 0.1) is 6.54 Å². The molecule has 1 unspecified atom stereocenters. The highest BCUT2D eigenvalue weighted by atomic mass is 19.4. The molecule has 4 nitrogen and oxygen atoms in total. The number of nitrogens with zero attached hydrogens (tertiary/aromatic N) is 1. The summed E-state index contributed by atoms with van der Waals surface area (Å²) in [6.07, 6.45) is -0.188. The molecule has 2 fully saturated rings. The molecule has 1 aromatic rings. The first-order valence-corrected chi connectivity index (χ1v) is 9.23. The van der Waals surface area contributed by atoms with E-state index >= 15 is 0 Å². The zero-order valence-corrected chi connectivity index (χ0v) is 14.8. The van der Waals surface area contributed by atoms with Gasteiger partial charge in [0.15, 0.2) is 0 Å². The lowest BCUT2D eigenvalue weighted by Crippen LogP contribution is -2.48. The molecule has 144 valence electrons. The number of rotatable bonds is 6. The van der Waals surface area contributed by atoms with Gasteiger partial charge in [-0.05, 0) is 37.3 Å². The molecular formula is C19H26F3N3O. The van der Waals surface area contributed by atoms with Crippen molar-refractivity contribution in [1.29, 1.82) is 0 Å². The third kappa shape index (κ3) is 4.90. The molecule has 7 heteroatoms. The Labute approximate surface area is 152 Å². The lowest BCUT2D eigenvalue weighted by atomic mass is 9.64. The van der Waals surface area contributed by atoms with Gasteiger partial charge in [-0.15, -0.1) is 0 Å². The number of amides is 2. The van der Waals surface area contributed by atoms with E-state index in [-0.39, 0.29) is 17.4 Å². The van der Waals surface area contributed by atoms with Gasteiger partial charge in [0.1, 0.15) is 0 Å². The van der Waals surface area contributed by atoms with E-state index in [0.717, 1.165) is 19.3 Å². The van der Waals surface area contributed by atoms with Gasteiger partial charge in [0, 0.05) is 25.0 Å². The largest absolute Gasteiger partial charge is 0.401 e. The number of likely N-dealkylation sites (tertiary alicyclic amines) is 1. The van der Waals surface area contributed by atoms with Gasteiger partial charge in [-0.3, -0.25) is 4.90 Å². The predicted molar refractivity (Wildman–Crippen MR) is 94.0 cm³/mol. The van der Waals surface area contributed by atoms with Crippen molar-refractivity contribution >= 4 is 6.03 Å². The molecule has 1 aromatic carbocycles. The second kappa shape index (κ2) is 7.86. The summed E-state index contributed by atoms with van der Waals surface area (Å²) in [6, 6.07) is 9.99. The van der Waals surface area contributed by atoms with Crippen LogP contribution in [0, 0.1) is 5.92 Å². The summed E-state index contributed by atoms with van der Waals surface area (Å²) < 4.78 is 37.3. The minimum atomic E-state index is -4.16. The molecule has 26 heavy (non-hydrogen) atoms. The summed E-state index contributed by atoms with van der Waals surface area (Å²) in [5.41, 5.74) is 1.28. The molecule has 2 N–H and O–H groups in total. The van der Waals surface area contributed by atoms with Crippen LogP contribution in [0.15, 0.2) is 30.3 Å². The first kappa shape index (κ1) is 19.0. The number of alkyl halides is 3. The molecule has 1 atom stereocenters. The van der Waals surface area contributed by atoms with Crippen molar-refractivity contribution in [3.8, 4) is 0 Å². The smallest absolute Gasteiger partial charge is 0.338 e. The predicted octanol–water partition coefficient (Wildman–Crippen LogP) is 3.29. The molecule has 1 saturated heterocycles. The quantitative estimate of drug-likeness (QED) is 0.808. The van der Waals surface area contributed by atoms with Crippen molar-refractivity contribution in [2.24, 2.45) is 5.92 Å². The fraction of sp³-hybridized carbons (Fsp3) is 0.632. The Hall–Kier alpha value is -1.76. The molecule has 1 heterocycles.